The van der Waals surface area contributed by atoms with Gasteiger partial charge in [0.2, 0.25) is 0 Å². The van der Waals surface area contributed by atoms with Gasteiger partial charge in [0.25, 0.3) is 0 Å². The minimum atomic E-state index is -0.733. The molecule has 1 aliphatic heterocycles. The number of nitrogens with zero attached hydrogens (tertiary/aromatic N) is 1. The van der Waals surface area contributed by atoms with Gasteiger partial charge >= 0.3 is 0 Å². The van der Waals surface area contributed by atoms with Crippen LogP contribution in [0.25, 0.3) is 0 Å². The molecule has 4 nitrogen and oxygen atoms in total. The normalized spacial score (nSPS) is 14.1. The molecule has 0 saturated carbocycles. The Hall–Kier alpha value is -2.04. The third kappa shape index (κ3) is 2.05. The van der Waals surface area contributed by atoms with Gasteiger partial charge in [-0.05, 0) is 32.3 Å². The van der Waals surface area contributed by atoms with Crippen LogP contribution in [0.3, 0.4) is 0 Å². The highest BCUT2D eigenvalue weighted by molar-refractivity contribution is 5.57. The van der Waals surface area contributed by atoms with Crippen LogP contribution in [0.1, 0.15) is 11.8 Å². The SMILES string of the molecule is CN(C)C(O)c1cccc2c1Oc1ccccc1O2. The fourth-order valence-electron chi connectivity index (χ4n) is 2.05. The van der Waals surface area contributed by atoms with E-state index in [0.29, 0.717) is 28.6 Å². The third-order valence-corrected chi connectivity index (χ3v) is 3.06. The van der Waals surface area contributed by atoms with Crippen LogP contribution in [0.2, 0.25) is 0 Å². The summed E-state index contributed by atoms with van der Waals surface area (Å²) in [4.78, 5) is 1.71. The number of aliphatic hydroxyl groups excluding tert-OH is 1. The van der Waals surface area contributed by atoms with Crippen LogP contribution in [-0.4, -0.2) is 24.1 Å². The summed E-state index contributed by atoms with van der Waals surface area (Å²) < 4.78 is 11.7. The number of fused-ring (bicyclic) bond motifs is 2. The molecule has 0 spiro atoms. The first-order valence-corrected chi connectivity index (χ1v) is 6.09. The average Bonchev–Trinajstić information content (AvgIpc) is 2.43. The summed E-state index contributed by atoms with van der Waals surface area (Å²) in [6.45, 7) is 0. The van der Waals surface area contributed by atoms with Gasteiger partial charge in [0.05, 0.1) is 0 Å². The van der Waals surface area contributed by atoms with Gasteiger partial charge in [-0.1, -0.05) is 24.3 Å². The number of para-hydroxylation sites is 3. The van der Waals surface area contributed by atoms with E-state index >= 15 is 0 Å². The van der Waals surface area contributed by atoms with Crippen molar-refractivity contribution in [2.75, 3.05) is 14.1 Å². The Labute approximate surface area is 111 Å². The van der Waals surface area contributed by atoms with Gasteiger partial charge < -0.3 is 14.6 Å². The second kappa shape index (κ2) is 4.57. The molecule has 0 aromatic heterocycles. The van der Waals surface area contributed by atoms with Gasteiger partial charge in [-0.15, -0.1) is 0 Å². The lowest BCUT2D eigenvalue weighted by atomic mass is 10.1. The van der Waals surface area contributed by atoms with E-state index in [4.69, 9.17) is 9.47 Å². The lowest BCUT2D eigenvalue weighted by molar-refractivity contribution is 0.0373. The molecular weight excluding hydrogens is 242 g/mol. The number of hydrogen-bond donors (Lipinski definition) is 1. The Balaban J connectivity index is 2.06. The molecule has 0 fully saturated rings. The Morgan fingerprint density at radius 3 is 2.21 bits per heavy atom. The predicted molar refractivity (Wildman–Crippen MR) is 71.7 cm³/mol. The summed E-state index contributed by atoms with van der Waals surface area (Å²) in [7, 11) is 3.61. The van der Waals surface area contributed by atoms with Crippen molar-refractivity contribution in [1.29, 1.82) is 0 Å². The largest absolute Gasteiger partial charge is 0.449 e. The lowest BCUT2D eigenvalue weighted by Crippen LogP contribution is -2.20. The number of benzene rings is 2. The smallest absolute Gasteiger partial charge is 0.177 e. The third-order valence-electron chi connectivity index (χ3n) is 3.06. The molecule has 1 aliphatic rings. The zero-order valence-electron chi connectivity index (χ0n) is 10.8. The van der Waals surface area contributed by atoms with Crippen molar-refractivity contribution in [2.45, 2.75) is 6.23 Å². The minimum absolute atomic E-state index is 0.572. The Kier molecular flexibility index (Phi) is 2.89. The molecular formula is C15H15NO3. The van der Waals surface area contributed by atoms with Crippen molar-refractivity contribution in [3.63, 3.8) is 0 Å². The zero-order valence-corrected chi connectivity index (χ0v) is 10.8. The van der Waals surface area contributed by atoms with Crippen molar-refractivity contribution in [3.05, 3.63) is 48.0 Å². The molecule has 0 amide bonds. The monoisotopic (exact) mass is 257 g/mol. The first-order chi connectivity index (χ1) is 9.16. The van der Waals surface area contributed by atoms with Crippen LogP contribution in [0.15, 0.2) is 42.5 Å². The van der Waals surface area contributed by atoms with E-state index in [1.807, 2.05) is 56.6 Å². The summed E-state index contributed by atoms with van der Waals surface area (Å²) in [6, 6.07) is 13.0. The van der Waals surface area contributed by atoms with Crippen molar-refractivity contribution >= 4 is 0 Å². The molecule has 3 rings (SSSR count). The maximum Gasteiger partial charge on any atom is 0.177 e. The van der Waals surface area contributed by atoms with Crippen molar-refractivity contribution in [1.82, 2.24) is 4.90 Å². The number of aliphatic hydroxyl groups is 1. The van der Waals surface area contributed by atoms with Crippen LogP contribution in [0.4, 0.5) is 0 Å². The van der Waals surface area contributed by atoms with E-state index in [1.165, 1.54) is 0 Å². The van der Waals surface area contributed by atoms with Gasteiger partial charge in [-0.2, -0.15) is 0 Å². The molecule has 1 heterocycles. The van der Waals surface area contributed by atoms with Crippen LogP contribution in [0, 0.1) is 0 Å². The fraction of sp³-hybridized carbons (Fsp3) is 0.200. The summed E-state index contributed by atoms with van der Waals surface area (Å²) >= 11 is 0. The molecule has 1 atom stereocenters. The highest BCUT2D eigenvalue weighted by atomic mass is 16.6. The molecule has 0 radical (unpaired) electrons. The van der Waals surface area contributed by atoms with Crippen LogP contribution >= 0.6 is 0 Å². The second-order valence-corrected chi connectivity index (χ2v) is 4.66. The molecule has 1 unspecified atom stereocenters. The molecule has 0 bridgehead atoms. The molecule has 19 heavy (non-hydrogen) atoms. The second-order valence-electron chi connectivity index (χ2n) is 4.66. The fourth-order valence-corrected chi connectivity index (χ4v) is 2.05. The maximum atomic E-state index is 10.2. The van der Waals surface area contributed by atoms with Crippen molar-refractivity contribution in [2.24, 2.45) is 0 Å². The number of ether oxygens (including phenoxy) is 2. The predicted octanol–water partition coefficient (Wildman–Crippen LogP) is 3.14. The van der Waals surface area contributed by atoms with E-state index in [-0.39, 0.29) is 0 Å². The molecule has 1 N–H and O–H groups in total. The summed E-state index contributed by atoms with van der Waals surface area (Å²) in [5.41, 5.74) is 0.692. The molecule has 2 aromatic carbocycles. The zero-order chi connectivity index (χ0) is 13.4. The molecule has 0 saturated heterocycles. The minimum Gasteiger partial charge on any atom is -0.449 e. The number of hydrogen-bond acceptors (Lipinski definition) is 4. The number of rotatable bonds is 2. The summed E-state index contributed by atoms with van der Waals surface area (Å²) in [5.74, 6) is 2.54. The molecule has 0 aliphatic carbocycles. The maximum absolute atomic E-state index is 10.2. The topological polar surface area (TPSA) is 41.9 Å². The van der Waals surface area contributed by atoms with Gasteiger partial charge in [-0.25, -0.2) is 0 Å². The highest BCUT2D eigenvalue weighted by Gasteiger charge is 2.24. The van der Waals surface area contributed by atoms with Gasteiger partial charge in [-0.3, -0.25) is 4.90 Å². The van der Waals surface area contributed by atoms with E-state index in [1.54, 1.807) is 4.90 Å². The molecule has 98 valence electrons. The summed E-state index contributed by atoms with van der Waals surface area (Å²) in [5, 5.41) is 10.2. The van der Waals surface area contributed by atoms with E-state index in [0.717, 1.165) is 0 Å². The van der Waals surface area contributed by atoms with E-state index < -0.39 is 6.23 Å². The summed E-state index contributed by atoms with van der Waals surface area (Å²) in [6.07, 6.45) is -0.733. The van der Waals surface area contributed by atoms with E-state index in [2.05, 4.69) is 0 Å². The Morgan fingerprint density at radius 1 is 0.895 bits per heavy atom. The van der Waals surface area contributed by atoms with Crippen LogP contribution in [0.5, 0.6) is 23.0 Å². The quantitative estimate of drug-likeness (QED) is 0.716. The van der Waals surface area contributed by atoms with Crippen molar-refractivity contribution < 1.29 is 14.6 Å². The van der Waals surface area contributed by atoms with Gasteiger partial charge in [0.1, 0.15) is 6.23 Å². The Morgan fingerprint density at radius 2 is 1.53 bits per heavy atom. The average molecular weight is 257 g/mol. The van der Waals surface area contributed by atoms with Crippen LogP contribution in [-0.2, 0) is 0 Å². The van der Waals surface area contributed by atoms with Gasteiger partial charge in [0, 0.05) is 5.56 Å². The Bertz CT molecular complexity index is 610. The lowest BCUT2D eigenvalue weighted by Gasteiger charge is -2.26. The van der Waals surface area contributed by atoms with Gasteiger partial charge in [0.15, 0.2) is 23.0 Å². The standard InChI is InChI=1S/C15H15NO3/c1-16(2)15(17)10-6-5-9-13-14(10)19-12-8-4-3-7-11(12)18-13/h3-9,15,17H,1-2H3. The van der Waals surface area contributed by atoms with Crippen LogP contribution < -0.4 is 9.47 Å². The molecule has 4 heteroatoms. The highest BCUT2D eigenvalue weighted by Crippen LogP contribution is 2.47. The first-order valence-electron chi connectivity index (χ1n) is 6.09. The van der Waals surface area contributed by atoms with Crippen molar-refractivity contribution in [3.8, 4) is 23.0 Å². The molecule has 2 aromatic rings. The van der Waals surface area contributed by atoms with E-state index in [9.17, 15) is 5.11 Å². The first kappa shape index (κ1) is 12.0.